The zero-order valence-corrected chi connectivity index (χ0v) is 11.7. The number of rotatable bonds is 5. The SMILES string of the molecule is CCC(C)(N)CNC(C)(C)CC(C)(C)C. The van der Waals surface area contributed by atoms with Crippen LogP contribution in [0.15, 0.2) is 0 Å². The average molecular weight is 214 g/mol. The van der Waals surface area contributed by atoms with Gasteiger partial charge in [-0.25, -0.2) is 0 Å². The molecule has 0 fully saturated rings. The molecule has 0 heterocycles. The molecule has 1 unspecified atom stereocenters. The second-order valence-corrected chi connectivity index (χ2v) is 6.98. The quantitative estimate of drug-likeness (QED) is 0.738. The summed E-state index contributed by atoms with van der Waals surface area (Å²) in [5.74, 6) is 0. The van der Waals surface area contributed by atoms with Crippen LogP contribution in [0, 0.1) is 5.41 Å². The fraction of sp³-hybridized carbons (Fsp3) is 1.00. The molecule has 3 N–H and O–H groups in total. The third-order valence-electron chi connectivity index (χ3n) is 2.75. The first kappa shape index (κ1) is 14.9. The Bertz CT molecular complexity index is 187. The van der Waals surface area contributed by atoms with Crippen molar-refractivity contribution in [3.05, 3.63) is 0 Å². The van der Waals surface area contributed by atoms with E-state index in [4.69, 9.17) is 5.73 Å². The van der Waals surface area contributed by atoms with Crippen molar-refractivity contribution < 1.29 is 0 Å². The third kappa shape index (κ3) is 7.80. The fourth-order valence-corrected chi connectivity index (χ4v) is 1.95. The highest BCUT2D eigenvalue weighted by Crippen LogP contribution is 2.26. The molecule has 0 aliphatic carbocycles. The number of nitrogens with one attached hydrogen (secondary N) is 1. The van der Waals surface area contributed by atoms with Crippen molar-refractivity contribution in [1.82, 2.24) is 5.32 Å². The molecule has 0 spiro atoms. The average Bonchev–Trinajstić information content (AvgIpc) is 1.97. The maximum atomic E-state index is 6.12. The Morgan fingerprint density at radius 2 is 1.47 bits per heavy atom. The Labute approximate surface area is 96.0 Å². The van der Waals surface area contributed by atoms with E-state index in [1.807, 2.05) is 0 Å². The van der Waals surface area contributed by atoms with Gasteiger partial charge in [0.05, 0.1) is 0 Å². The molecule has 1 atom stereocenters. The number of hydrogen-bond acceptors (Lipinski definition) is 2. The molecule has 0 bridgehead atoms. The molecule has 0 amide bonds. The Morgan fingerprint density at radius 1 is 1.00 bits per heavy atom. The van der Waals surface area contributed by atoms with Crippen molar-refractivity contribution >= 4 is 0 Å². The molecular formula is C13H30N2. The standard InChI is InChI=1S/C13H30N2/c1-8-13(7,14)10-15-12(5,6)9-11(2,3)4/h15H,8-10,14H2,1-7H3. The van der Waals surface area contributed by atoms with Gasteiger partial charge in [0.2, 0.25) is 0 Å². The molecule has 0 saturated heterocycles. The summed E-state index contributed by atoms with van der Waals surface area (Å²) in [6.07, 6.45) is 2.16. The van der Waals surface area contributed by atoms with Crippen LogP contribution >= 0.6 is 0 Å². The lowest BCUT2D eigenvalue weighted by molar-refractivity contribution is 0.226. The maximum absolute atomic E-state index is 6.12. The molecule has 0 saturated carbocycles. The first-order chi connectivity index (χ1) is 6.47. The van der Waals surface area contributed by atoms with Gasteiger partial charge in [-0.15, -0.1) is 0 Å². The van der Waals surface area contributed by atoms with E-state index in [9.17, 15) is 0 Å². The fourth-order valence-electron chi connectivity index (χ4n) is 1.95. The molecule has 0 aromatic heterocycles. The van der Waals surface area contributed by atoms with E-state index in [0.29, 0.717) is 5.41 Å². The lowest BCUT2D eigenvalue weighted by Gasteiger charge is -2.36. The van der Waals surface area contributed by atoms with Crippen LogP contribution in [0.4, 0.5) is 0 Å². The van der Waals surface area contributed by atoms with Gasteiger partial charge in [-0.3, -0.25) is 0 Å². The van der Waals surface area contributed by atoms with Crippen molar-refractivity contribution in [2.45, 2.75) is 72.4 Å². The molecule has 2 nitrogen and oxygen atoms in total. The van der Waals surface area contributed by atoms with Crippen LogP contribution in [0.25, 0.3) is 0 Å². The van der Waals surface area contributed by atoms with Gasteiger partial charge in [0.25, 0.3) is 0 Å². The second kappa shape index (κ2) is 4.84. The van der Waals surface area contributed by atoms with Gasteiger partial charge in [-0.2, -0.15) is 0 Å². The molecule has 92 valence electrons. The van der Waals surface area contributed by atoms with E-state index in [0.717, 1.165) is 19.4 Å². The molecule has 0 aliphatic rings. The van der Waals surface area contributed by atoms with Crippen LogP contribution in [0.1, 0.15) is 61.3 Å². The first-order valence-electron chi connectivity index (χ1n) is 6.01. The van der Waals surface area contributed by atoms with Crippen molar-refractivity contribution in [3.8, 4) is 0 Å². The predicted octanol–water partition coefficient (Wildman–Crippen LogP) is 2.92. The Hall–Kier alpha value is -0.0800. The number of nitrogens with two attached hydrogens (primary N) is 1. The topological polar surface area (TPSA) is 38.0 Å². The molecule has 0 rings (SSSR count). The number of hydrogen-bond donors (Lipinski definition) is 2. The normalized spacial score (nSPS) is 17.6. The monoisotopic (exact) mass is 214 g/mol. The maximum Gasteiger partial charge on any atom is 0.0249 e. The molecule has 0 aromatic rings. The highest BCUT2D eigenvalue weighted by atomic mass is 15.0. The summed E-state index contributed by atoms with van der Waals surface area (Å²) in [6, 6.07) is 0. The second-order valence-electron chi connectivity index (χ2n) is 6.98. The summed E-state index contributed by atoms with van der Waals surface area (Å²) in [5.41, 5.74) is 6.55. The Balaban J connectivity index is 4.16. The van der Waals surface area contributed by atoms with E-state index >= 15 is 0 Å². The summed E-state index contributed by atoms with van der Waals surface area (Å²) < 4.78 is 0. The van der Waals surface area contributed by atoms with E-state index in [1.165, 1.54) is 0 Å². The minimum Gasteiger partial charge on any atom is -0.324 e. The molecule has 0 aromatic carbocycles. The minimum absolute atomic E-state index is 0.0881. The van der Waals surface area contributed by atoms with E-state index in [1.54, 1.807) is 0 Å². The van der Waals surface area contributed by atoms with Gasteiger partial charge in [0.15, 0.2) is 0 Å². The largest absolute Gasteiger partial charge is 0.324 e. The highest BCUT2D eigenvalue weighted by Gasteiger charge is 2.27. The van der Waals surface area contributed by atoms with Crippen LogP contribution in [-0.2, 0) is 0 Å². The molecule has 0 aliphatic heterocycles. The smallest absolute Gasteiger partial charge is 0.0249 e. The summed E-state index contributed by atoms with van der Waals surface area (Å²) >= 11 is 0. The van der Waals surface area contributed by atoms with Crippen LogP contribution in [0.3, 0.4) is 0 Å². The summed E-state index contributed by atoms with van der Waals surface area (Å²) in [5, 5.41) is 3.58. The van der Waals surface area contributed by atoms with Crippen LogP contribution in [0.2, 0.25) is 0 Å². The van der Waals surface area contributed by atoms with Gasteiger partial charge in [-0.05, 0) is 39.0 Å². The van der Waals surface area contributed by atoms with Crippen LogP contribution < -0.4 is 11.1 Å². The van der Waals surface area contributed by atoms with E-state index in [-0.39, 0.29) is 11.1 Å². The minimum atomic E-state index is -0.0881. The van der Waals surface area contributed by atoms with E-state index < -0.39 is 0 Å². The molecule has 0 radical (unpaired) electrons. The zero-order chi connectivity index (χ0) is 12.3. The lowest BCUT2D eigenvalue weighted by atomic mass is 9.81. The van der Waals surface area contributed by atoms with Crippen molar-refractivity contribution in [2.24, 2.45) is 11.1 Å². The summed E-state index contributed by atoms with van der Waals surface area (Å²) in [4.78, 5) is 0. The summed E-state index contributed by atoms with van der Waals surface area (Å²) in [7, 11) is 0. The Morgan fingerprint density at radius 3 is 1.80 bits per heavy atom. The lowest BCUT2D eigenvalue weighted by Crippen LogP contribution is -2.53. The van der Waals surface area contributed by atoms with Crippen LogP contribution in [-0.4, -0.2) is 17.6 Å². The predicted molar refractivity (Wildman–Crippen MR) is 69.0 cm³/mol. The molecule has 2 heteroatoms. The van der Waals surface area contributed by atoms with Gasteiger partial charge < -0.3 is 11.1 Å². The van der Waals surface area contributed by atoms with Gasteiger partial charge >= 0.3 is 0 Å². The zero-order valence-electron chi connectivity index (χ0n) is 11.7. The van der Waals surface area contributed by atoms with Crippen molar-refractivity contribution in [2.75, 3.05) is 6.54 Å². The highest BCUT2D eigenvalue weighted by molar-refractivity contribution is 4.88. The molecular weight excluding hydrogens is 184 g/mol. The van der Waals surface area contributed by atoms with Crippen LogP contribution in [0.5, 0.6) is 0 Å². The van der Waals surface area contributed by atoms with Gasteiger partial charge in [-0.1, -0.05) is 27.7 Å². The van der Waals surface area contributed by atoms with Crippen molar-refractivity contribution in [3.63, 3.8) is 0 Å². The summed E-state index contributed by atoms with van der Waals surface area (Å²) in [6.45, 7) is 16.5. The Kier molecular flexibility index (Phi) is 4.81. The molecule has 15 heavy (non-hydrogen) atoms. The van der Waals surface area contributed by atoms with Gasteiger partial charge in [0.1, 0.15) is 0 Å². The third-order valence-corrected chi connectivity index (χ3v) is 2.75. The van der Waals surface area contributed by atoms with Crippen molar-refractivity contribution in [1.29, 1.82) is 0 Å². The first-order valence-corrected chi connectivity index (χ1v) is 6.01. The van der Waals surface area contributed by atoms with Gasteiger partial charge in [0, 0.05) is 17.6 Å². The van der Waals surface area contributed by atoms with E-state index in [2.05, 4.69) is 53.8 Å².